The van der Waals surface area contributed by atoms with E-state index in [-0.39, 0.29) is 11.7 Å². The van der Waals surface area contributed by atoms with Crippen molar-refractivity contribution in [2.24, 2.45) is 5.92 Å². The monoisotopic (exact) mass is 438 g/mol. The molecule has 0 saturated heterocycles. The van der Waals surface area contributed by atoms with Crippen LogP contribution in [0.2, 0.25) is 0 Å². The Hall–Kier alpha value is -2.53. The van der Waals surface area contributed by atoms with E-state index in [1.807, 2.05) is 18.2 Å². The maximum absolute atomic E-state index is 12.8. The Labute approximate surface area is 187 Å². The van der Waals surface area contributed by atoms with Gasteiger partial charge in [-0.15, -0.1) is 11.3 Å². The highest BCUT2D eigenvalue weighted by Crippen LogP contribution is 2.40. The molecule has 4 rings (SSSR count). The maximum Gasteiger partial charge on any atom is 0.343 e. The third-order valence-corrected chi connectivity index (χ3v) is 7.11. The van der Waals surface area contributed by atoms with Crippen molar-refractivity contribution in [1.82, 2.24) is 0 Å². The topological polar surface area (TPSA) is 59.7 Å². The Balaban J connectivity index is 1.55. The summed E-state index contributed by atoms with van der Waals surface area (Å²) in [5.74, 6) is 2.22. The highest BCUT2D eigenvalue weighted by molar-refractivity contribution is 7.12. The van der Waals surface area contributed by atoms with Crippen LogP contribution in [0.3, 0.4) is 0 Å². The van der Waals surface area contributed by atoms with Crippen molar-refractivity contribution in [1.29, 1.82) is 0 Å². The number of rotatable bonds is 10. The molecule has 0 aliphatic heterocycles. The van der Waals surface area contributed by atoms with Crippen LogP contribution in [0, 0.1) is 5.92 Å². The Morgan fingerprint density at radius 3 is 2.55 bits per heavy atom. The predicted octanol–water partition coefficient (Wildman–Crippen LogP) is 6.09. The molecule has 1 atom stereocenters. The van der Waals surface area contributed by atoms with E-state index in [0.29, 0.717) is 23.7 Å². The standard InChI is InChI=1S/C26H30O4S/c1-3-4-21-11-12-22(31-21)15-23-24(27)16-25(30-26(23)28)19(13-17-5-6-17)14-18-7-9-20(29-2)10-8-18/h7-12,16-17,19,27H,3-6,13-15H2,1-2H3. The molecule has 31 heavy (non-hydrogen) atoms. The molecule has 1 N–H and O–H groups in total. The third kappa shape index (κ3) is 5.59. The molecule has 4 nitrogen and oxygen atoms in total. The number of hydrogen-bond acceptors (Lipinski definition) is 5. The SMILES string of the molecule is CCCc1ccc(Cc2c(O)cc(C(Cc3ccc(OC)cc3)CC3CC3)oc2=O)s1. The molecule has 0 spiro atoms. The summed E-state index contributed by atoms with van der Waals surface area (Å²) in [5.41, 5.74) is 1.10. The first-order valence-corrected chi connectivity index (χ1v) is 11.9. The molecule has 164 valence electrons. The molecule has 5 heteroatoms. The Kier molecular flexibility index (Phi) is 6.81. The molecule has 0 radical (unpaired) electrons. The van der Waals surface area contributed by atoms with Crippen LogP contribution in [-0.2, 0) is 19.3 Å². The van der Waals surface area contributed by atoms with Crippen LogP contribution < -0.4 is 10.4 Å². The van der Waals surface area contributed by atoms with Crippen LogP contribution in [-0.4, -0.2) is 12.2 Å². The van der Waals surface area contributed by atoms with Gasteiger partial charge in [0.1, 0.15) is 17.3 Å². The molecule has 0 bridgehead atoms. The largest absolute Gasteiger partial charge is 0.507 e. The molecule has 1 saturated carbocycles. The second-order valence-corrected chi connectivity index (χ2v) is 9.78. The average Bonchev–Trinajstić information content (AvgIpc) is 3.47. The molecule has 1 fully saturated rings. The van der Waals surface area contributed by atoms with Crippen LogP contribution in [0.15, 0.2) is 51.7 Å². The van der Waals surface area contributed by atoms with Crippen LogP contribution in [0.5, 0.6) is 11.5 Å². The van der Waals surface area contributed by atoms with Gasteiger partial charge in [0.15, 0.2) is 0 Å². The molecule has 1 aliphatic carbocycles. The minimum absolute atomic E-state index is 0.0484. The second kappa shape index (κ2) is 9.73. The minimum atomic E-state index is -0.420. The van der Waals surface area contributed by atoms with Gasteiger partial charge in [0.2, 0.25) is 0 Å². The Morgan fingerprint density at radius 1 is 1.16 bits per heavy atom. The van der Waals surface area contributed by atoms with Crippen molar-refractivity contribution >= 4 is 11.3 Å². The molecule has 2 heterocycles. The lowest BCUT2D eigenvalue weighted by Crippen LogP contribution is -2.13. The fraction of sp³-hybridized carbons (Fsp3) is 0.423. The van der Waals surface area contributed by atoms with Crippen molar-refractivity contribution in [2.45, 2.75) is 57.8 Å². The van der Waals surface area contributed by atoms with E-state index in [2.05, 4.69) is 25.1 Å². The lowest BCUT2D eigenvalue weighted by molar-refractivity contribution is 0.377. The van der Waals surface area contributed by atoms with E-state index >= 15 is 0 Å². The summed E-state index contributed by atoms with van der Waals surface area (Å²) in [6.07, 6.45) is 6.75. The average molecular weight is 439 g/mol. The fourth-order valence-corrected chi connectivity index (χ4v) is 5.19. The molecule has 0 amide bonds. The quantitative estimate of drug-likeness (QED) is 0.416. The zero-order valence-corrected chi connectivity index (χ0v) is 19.0. The van der Waals surface area contributed by atoms with E-state index in [4.69, 9.17) is 9.15 Å². The Bertz CT molecular complexity index is 1060. The summed E-state index contributed by atoms with van der Waals surface area (Å²) in [6, 6.07) is 13.8. The summed E-state index contributed by atoms with van der Waals surface area (Å²) < 4.78 is 11.0. The van der Waals surface area contributed by atoms with Crippen molar-refractivity contribution in [3.63, 3.8) is 0 Å². The number of hydrogen-bond donors (Lipinski definition) is 1. The fourth-order valence-electron chi connectivity index (χ4n) is 4.06. The van der Waals surface area contributed by atoms with Crippen LogP contribution in [0.25, 0.3) is 0 Å². The molecular formula is C26H30O4S. The lowest BCUT2D eigenvalue weighted by atomic mass is 9.91. The van der Waals surface area contributed by atoms with E-state index < -0.39 is 5.63 Å². The van der Waals surface area contributed by atoms with Crippen molar-refractivity contribution in [3.05, 3.63) is 79.5 Å². The number of aromatic hydroxyl groups is 1. The van der Waals surface area contributed by atoms with Gasteiger partial charge < -0.3 is 14.3 Å². The number of ether oxygens (including phenoxy) is 1. The molecule has 1 aliphatic rings. The number of benzene rings is 1. The van der Waals surface area contributed by atoms with E-state index in [9.17, 15) is 9.90 Å². The third-order valence-electron chi connectivity index (χ3n) is 5.97. The van der Waals surface area contributed by atoms with Crippen LogP contribution in [0.4, 0.5) is 0 Å². The smallest absolute Gasteiger partial charge is 0.343 e. The first kappa shape index (κ1) is 21.7. The zero-order valence-electron chi connectivity index (χ0n) is 18.2. The van der Waals surface area contributed by atoms with Gasteiger partial charge in [-0.1, -0.05) is 38.3 Å². The number of methoxy groups -OCH3 is 1. The molecule has 3 aromatic rings. The van der Waals surface area contributed by atoms with Crippen molar-refractivity contribution in [2.75, 3.05) is 7.11 Å². The Morgan fingerprint density at radius 2 is 1.90 bits per heavy atom. The summed E-state index contributed by atoms with van der Waals surface area (Å²) in [7, 11) is 1.66. The summed E-state index contributed by atoms with van der Waals surface area (Å²) in [6.45, 7) is 2.16. The van der Waals surface area contributed by atoms with Gasteiger partial charge in [0.25, 0.3) is 0 Å². The van der Waals surface area contributed by atoms with Gasteiger partial charge in [0, 0.05) is 28.2 Å². The summed E-state index contributed by atoms with van der Waals surface area (Å²) in [5, 5.41) is 10.7. The first-order chi connectivity index (χ1) is 15.1. The van der Waals surface area contributed by atoms with Crippen molar-refractivity contribution in [3.8, 4) is 11.5 Å². The normalized spacial score (nSPS) is 14.5. The van der Waals surface area contributed by atoms with E-state index in [1.54, 1.807) is 24.5 Å². The van der Waals surface area contributed by atoms with Gasteiger partial charge in [-0.2, -0.15) is 0 Å². The summed E-state index contributed by atoms with van der Waals surface area (Å²) >= 11 is 1.70. The van der Waals surface area contributed by atoms with E-state index in [1.165, 1.54) is 23.3 Å². The first-order valence-electron chi connectivity index (χ1n) is 11.1. The van der Waals surface area contributed by atoms with Gasteiger partial charge in [0.05, 0.1) is 12.7 Å². The van der Waals surface area contributed by atoms with Crippen molar-refractivity contribution < 1.29 is 14.3 Å². The second-order valence-electron chi connectivity index (χ2n) is 8.52. The van der Waals surface area contributed by atoms with Gasteiger partial charge in [-0.25, -0.2) is 4.79 Å². The van der Waals surface area contributed by atoms with Gasteiger partial charge in [-0.05, 0) is 55.0 Å². The van der Waals surface area contributed by atoms with Crippen LogP contribution in [0.1, 0.15) is 65.2 Å². The van der Waals surface area contributed by atoms with Gasteiger partial charge >= 0.3 is 5.63 Å². The highest BCUT2D eigenvalue weighted by atomic mass is 32.1. The van der Waals surface area contributed by atoms with Crippen LogP contribution >= 0.6 is 11.3 Å². The molecule has 2 aromatic heterocycles. The number of thiophene rings is 1. The predicted molar refractivity (Wildman–Crippen MR) is 125 cm³/mol. The van der Waals surface area contributed by atoms with Gasteiger partial charge in [-0.3, -0.25) is 0 Å². The maximum atomic E-state index is 12.8. The molecule has 1 aromatic carbocycles. The summed E-state index contributed by atoms with van der Waals surface area (Å²) in [4.78, 5) is 15.2. The molecular weight excluding hydrogens is 408 g/mol. The minimum Gasteiger partial charge on any atom is -0.507 e. The zero-order chi connectivity index (χ0) is 21.8. The van der Waals surface area contributed by atoms with E-state index in [0.717, 1.165) is 36.3 Å². The number of aryl methyl sites for hydroxylation is 1. The molecule has 1 unspecified atom stereocenters. The lowest BCUT2D eigenvalue weighted by Gasteiger charge is -2.17. The highest BCUT2D eigenvalue weighted by Gasteiger charge is 2.29.